The van der Waals surface area contributed by atoms with Gasteiger partial charge in [0.2, 0.25) is 0 Å². The lowest BCUT2D eigenvalue weighted by Gasteiger charge is -2.10. The predicted octanol–water partition coefficient (Wildman–Crippen LogP) is 5.47. The van der Waals surface area contributed by atoms with Gasteiger partial charge in [-0.05, 0) is 48.5 Å². The third kappa shape index (κ3) is 4.63. The third-order valence-corrected chi connectivity index (χ3v) is 4.77. The topological polar surface area (TPSA) is 12.0 Å². The van der Waals surface area contributed by atoms with E-state index >= 15 is 0 Å². The fraction of sp³-hybridized carbons (Fsp3) is 0.200. The van der Waals surface area contributed by atoms with Gasteiger partial charge < -0.3 is 5.32 Å². The molecule has 2 aromatic carbocycles. The lowest BCUT2D eigenvalue weighted by molar-refractivity contribution is 0.718. The quantitative estimate of drug-likeness (QED) is 0.713. The van der Waals surface area contributed by atoms with Crippen LogP contribution in [0.25, 0.3) is 0 Å². The molecule has 0 unspecified atom stereocenters. The minimum Gasteiger partial charge on any atom is -0.313 e. The molecule has 0 amide bonds. The first-order valence-electron chi connectivity index (χ1n) is 6.11. The van der Waals surface area contributed by atoms with Gasteiger partial charge in [0.15, 0.2) is 0 Å². The Morgan fingerprint density at radius 1 is 1.00 bits per heavy atom. The van der Waals surface area contributed by atoms with Crippen molar-refractivity contribution >= 4 is 43.6 Å². The van der Waals surface area contributed by atoms with Crippen LogP contribution in [0.15, 0.2) is 61.2 Å². The van der Waals surface area contributed by atoms with E-state index in [0.29, 0.717) is 0 Å². The van der Waals surface area contributed by atoms with Crippen molar-refractivity contribution < 1.29 is 0 Å². The largest absolute Gasteiger partial charge is 0.313 e. The summed E-state index contributed by atoms with van der Waals surface area (Å²) in [6.07, 6.45) is 0. The van der Waals surface area contributed by atoms with Crippen molar-refractivity contribution in [3.8, 4) is 0 Å². The van der Waals surface area contributed by atoms with Crippen molar-refractivity contribution in [1.29, 1.82) is 0 Å². The summed E-state index contributed by atoms with van der Waals surface area (Å²) in [6.45, 7) is 4.02. The molecule has 0 aliphatic rings. The normalized spacial score (nSPS) is 10.7. The van der Waals surface area contributed by atoms with Crippen molar-refractivity contribution in [3.63, 3.8) is 0 Å². The maximum Gasteiger partial charge on any atom is 0.0216 e. The monoisotopic (exact) mass is 399 g/mol. The second-order valence-electron chi connectivity index (χ2n) is 4.09. The maximum absolute atomic E-state index is 3.55. The van der Waals surface area contributed by atoms with Crippen LogP contribution in [0.4, 0.5) is 0 Å². The molecular weight excluding hydrogens is 386 g/mol. The average molecular weight is 401 g/mol. The van der Waals surface area contributed by atoms with E-state index in [1.165, 1.54) is 15.4 Å². The van der Waals surface area contributed by atoms with Crippen molar-refractivity contribution in [2.24, 2.45) is 0 Å². The number of nitrogens with one attached hydrogen (secondary N) is 1. The van der Waals surface area contributed by atoms with Crippen LogP contribution in [0.5, 0.6) is 0 Å². The Balaban J connectivity index is 2.22. The predicted molar refractivity (Wildman–Crippen MR) is 89.8 cm³/mol. The minimum absolute atomic E-state index is 0.905. The molecule has 0 aromatic heterocycles. The van der Waals surface area contributed by atoms with Crippen LogP contribution in [-0.2, 0) is 6.54 Å². The van der Waals surface area contributed by atoms with Gasteiger partial charge in [0.1, 0.15) is 0 Å². The number of hydrogen-bond donors (Lipinski definition) is 1. The molecule has 0 atom stereocenters. The summed E-state index contributed by atoms with van der Waals surface area (Å²) in [5, 5.41) is 3.38. The lowest BCUT2D eigenvalue weighted by atomic mass is 10.2. The first kappa shape index (κ1) is 15.1. The highest BCUT2D eigenvalue weighted by Crippen LogP contribution is 2.33. The van der Waals surface area contributed by atoms with Crippen molar-refractivity contribution in [2.45, 2.75) is 23.3 Å². The van der Waals surface area contributed by atoms with Gasteiger partial charge in [0.25, 0.3) is 0 Å². The van der Waals surface area contributed by atoms with Crippen LogP contribution in [0, 0.1) is 0 Å². The van der Waals surface area contributed by atoms with Gasteiger partial charge in [-0.25, -0.2) is 0 Å². The Bertz CT molecular complexity index is 540. The van der Waals surface area contributed by atoms with Gasteiger partial charge in [-0.3, -0.25) is 0 Å². The van der Waals surface area contributed by atoms with E-state index in [0.717, 1.165) is 22.0 Å². The van der Waals surface area contributed by atoms with Gasteiger partial charge >= 0.3 is 0 Å². The molecule has 0 heterocycles. The summed E-state index contributed by atoms with van der Waals surface area (Å²) in [7, 11) is 0. The molecule has 1 N–H and O–H groups in total. The summed E-state index contributed by atoms with van der Waals surface area (Å²) in [6, 6.07) is 14.9. The summed E-state index contributed by atoms with van der Waals surface area (Å²) < 4.78 is 2.23. The molecule has 2 rings (SSSR count). The minimum atomic E-state index is 0.905. The van der Waals surface area contributed by atoms with E-state index < -0.39 is 0 Å². The van der Waals surface area contributed by atoms with Gasteiger partial charge in [0, 0.05) is 25.3 Å². The summed E-state index contributed by atoms with van der Waals surface area (Å²) in [4.78, 5) is 2.54. The molecule has 0 saturated heterocycles. The zero-order valence-electron chi connectivity index (χ0n) is 10.6. The molecule has 100 valence electrons. The maximum atomic E-state index is 3.55. The Morgan fingerprint density at radius 2 is 1.68 bits per heavy atom. The van der Waals surface area contributed by atoms with Crippen LogP contribution in [-0.4, -0.2) is 6.54 Å². The van der Waals surface area contributed by atoms with Gasteiger partial charge in [-0.1, -0.05) is 56.6 Å². The zero-order valence-corrected chi connectivity index (χ0v) is 14.6. The second kappa shape index (κ2) is 7.48. The molecule has 1 nitrogen and oxygen atoms in total. The first-order chi connectivity index (χ1) is 9.19. The van der Waals surface area contributed by atoms with Crippen LogP contribution < -0.4 is 5.32 Å². The molecule has 0 aliphatic heterocycles. The van der Waals surface area contributed by atoms with E-state index in [4.69, 9.17) is 0 Å². The smallest absolute Gasteiger partial charge is 0.0216 e. The Morgan fingerprint density at radius 3 is 2.37 bits per heavy atom. The summed E-state index contributed by atoms with van der Waals surface area (Å²) >= 11 is 8.81. The molecule has 0 spiro atoms. The van der Waals surface area contributed by atoms with Crippen molar-refractivity contribution in [2.75, 3.05) is 6.54 Å². The SMILES string of the molecule is CCNCc1ccc(Br)cc1Sc1ccc(Br)cc1. The number of halogens is 2. The number of benzene rings is 2. The fourth-order valence-electron chi connectivity index (χ4n) is 1.66. The molecule has 4 heteroatoms. The summed E-state index contributed by atoms with van der Waals surface area (Å²) in [5.74, 6) is 0. The van der Waals surface area contributed by atoms with E-state index in [9.17, 15) is 0 Å². The number of rotatable bonds is 5. The zero-order chi connectivity index (χ0) is 13.7. The van der Waals surface area contributed by atoms with E-state index in [1.54, 1.807) is 11.8 Å². The molecule has 2 aromatic rings. The highest BCUT2D eigenvalue weighted by atomic mass is 79.9. The van der Waals surface area contributed by atoms with Crippen LogP contribution in [0.2, 0.25) is 0 Å². The van der Waals surface area contributed by atoms with E-state index in [2.05, 4.69) is 86.6 Å². The molecule has 0 saturated carbocycles. The molecule has 19 heavy (non-hydrogen) atoms. The van der Waals surface area contributed by atoms with E-state index in [-0.39, 0.29) is 0 Å². The molecule has 0 bridgehead atoms. The molecule has 0 fully saturated rings. The number of hydrogen-bond acceptors (Lipinski definition) is 2. The van der Waals surface area contributed by atoms with Crippen molar-refractivity contribution in [1.82, 2.24) is 5.32 Å². The van der Waals surface area contributed by atoms with Crippen molar-refractivity contribution in [3.05, 3.63) is 57.0 Å². The molecule has 0 radical (unpaired) electrons. The van der Waals surface area contributed by atoms with Crippen LogP contribution in [0.3, 0.4) is 0 Å². The van der Waals surface area contributed by atoms with Gasteiger partial charge in [0.05, 0.1) is 0 Å². The fourth-order valence-corrected chi connectivity index (χ4v) is 3.42. The average Bonchev–Trinajstić information content (AvgIpc) is 2.40. The van der Waals surface area contributed by atoms with Gasteiger partial charge in [-0.15, -0.1) is 0 Å². The highest BCUT2D eigenvalue weighted by molar-refractivity contribution is 9.10. The molecular formula is C15H15Br2NS. The summed E-state index contributed by atoms with van der Waals surface area (Å²) in [5.41, 5.74) is 1.33. The first-order valence-corrected chi connectivity index (χ1v) is 8.52. The Kier molecular flexibility index (Phi) is 5.95. The molecule has 0 aliphatic carbocycles. The third-order valence-electron chi connectivity index (χ3n) is 2.64. The van der Waals surface area contributed by atoms with Crippen LogP contribution >= 0.6 is 43.6 Å². The van der Waals surface area contributed by atoms with Gasteiger partial charge in [-0.2, -0.15) is 0 Å². The van der Waals surface area contributed by atoms with Crippen LogP contribution in [0.1, 0.15) is 12.5 Å². The Hall–Kier alpha value is -0.290. The highest BCUT2D eigenvalue weighted by Gasteiger charge is 2.05. The standard InChI is InChI=1S/C15H15Br2NS/c1-2-18-10-11-3-4-13(17)9-15(11)19-14-7-5-12(16)6-8-14/h3-9,18H,2,10H2,1H3. The second-order valence-corrected chi connectivity index (χ2v) is 7.04. The lowest BCUT2D eigenvalue weighted by Crippen LogP contribution is -2.12. The Labute approximate surface area is 135 Å². The van der Waals surface area contributed by atoms with E-state index in [1.807, 2.05) is 0 Å².